The summed E-state index contributed by atoms with van der Waals surface area (Å²) in [5.74, 6) is 1.07. The van der Waals surface area contributed by atoms with Crippen LogP contribution in [-0.2, 0) is 0 Å². The van der Waals surface area contributed by atoms with Crippen LogP contribution in [0.5, 0.6) is 0 Å². The minimum Gasteiger partial charge on any atom is -0.412 e. The van der Waals surface area contributed by atoms with Gasteiger partial charge in [0.05, 0.1) is 0 Å². The van der Waals surface area contributed by atoms with Crippen LogP contribution in [0.25, 0.3) is 0 Å². The van der Waals surface area contributed by atoms with Crippen LogP contribution >= 0.6 is 11.6 Å². The van der Waals surface area contributed by atoms with Crippen molar-refractivity contribution in [1.29, 1.82) is 0 Å². The van der Waals surface area contributed by atoms with Crippen LogP contribution in [0.15, 0.2) is 4.42 Å². The number of halogens is 1. The Labute approximate surface area is 83.5 Å². The Morgan fingerprint density at radius 1 is 1.23 bits per heavy atom. The fraction of sp³-hybridized carbons (Fsp3) is 0.778. The van der Waals surface area contributed by atoms with Gasteiger partial charge in [-0.1, -0.05) is 31.8 Å². The lowest BCUT2D eigenvalue weighted by Gasteiger charge is -2.08. The molecule has 0 N–H and O–H groups in total. The van der Waals surface area contributed by atoms with E-state index < -0.39 is 0 Å². The average molecular weight is 203 g/mol. The fourth-order valence-corrected chi connectivity index (χ4v) is 1.59. The third kappa shape index (κ3) is 2.99. The second-order valence-electron chi connectivity index (χ2n) is 3.17. The SMILES string of the molecule is CCCC(CCC)c1nnc(Cl)o1. The van der Waals surface area contributed by atoms with Crippen molar-refractivity contribution in [3.05, 3.63) is 11.2 Å². The summed E-state index contributed by atoms with van der Waals surface area (Å²) >= 11 is 5.56. The highest BCUT2D eigenvalue weighted by atomic mass is 35.5. The highest BCUT2D eigenvalue weighted by Crippen LogP contribution is 2.25. The summed E-state index contributed by atoms with van der Waals surface area (Å²) in [6, 6.07) is 0. The van der Waals surface area contributed by atoms with E-state index in [1.807, 2.05) is 0 Å². The van der Waals surface area contributed by atoms with Gasteiger partial charge >= 0.3 is 5.35 Å². The molecule has 0 fully saturated rings. The second-order valence-corrected chi connectivity index (χ2v) is 3.49. The third-order valence-corrected chi connectivity index (χ3v) is 2.19. The average Bonchev–Trinajstić information content (AvgIpc) is 2.51. The van der Waals surface area contributed by atoms with Gasteiger partial charge in [-0.05, 0) is 24.4 Å². The van der Waals surface area contributed by atoms with Crippen molar-refractivity contribution in [3.63, 3.8) is 0 Å². The van der Waals surface area contributed by atoms with Gasteiger partial charge in [0.25, 0.3) is 0 Å². The number of hydrogen-bond donors (Lipinski definition) is 0. The largest absolute Gasteiger partial charge is 0.412 e. The molecule has 0 bridgehead atoms. The van der Waals surface area contributed by atoms with E-state index in [0.29, 0.717) is 11.8 Å². The predicted molar refractivity (Wildman–Crippen MR) is 51.9 cm³/mol. The number of rotatable bonds is 5. The summed E-state index contributed by atoms with van der Waals surface area (Å²) in [6.45, 7) is 4.31. The summed E-state index contributed by atoms with van der Waals surface area (Å²) in [5.41, 5.74) is 0. The maximum atomic E-state index is 5.56. The first-order valence-corrected chi connectivity index (χ1v) is 5.14. The van der Waals surface area contributed by atoms with Gasteiger partial charge in [-0.3, -0.25) is 0 Å². The van der Waals surface area contributed by atoms with Crippen LogP contribution in [0.4, 0.5) is 0 Å². The lowest BCUT2D eigenvalue weighted by Crippen LogP contribution is -1.98. The molecular formula is C9H15ClN2O. The molecule has 0 radical (unpaired) electrons. The molecule has 0 spiro atoms. The molecule has 1 heterocycles. The highest BCUT2D eigenvalue weighted by Gasteiger charge is 2.16. The lowest BCUT2D eigenvalue weighted by molar-refractivity contribution is 0.411. The van der Waals surface area contributed by atoms with Gasteiger partial charge in [0, 0.05) is 5.92 Å². The Morgan fingerprint density at radius 2 is 1.85 bits per heavy atom. The molecule has 0 aliphatic heterocycles. The zero-order valence-corrected chi connectivity index (χ0v) is 8.84. The summed E-state index contributed by atoms with van der Waals surface area (Å²) in [6.07, 6.45) is 4.44. The van der Waals surface area contributed by atoms with E-state index in [1.165, 1.54) is 0 Å². The van der Waals surface area contributed by atoms with Crippen LogP contribution in [-0.4, -0.2) is 10.2 Å². The topological polar surface area (TPSA) is 38.9 Å². The minimum absolute atomic E-state index is 0.146. The second kappa shape index (κ2) is 5.22. The van der Waals surface area contributed by atoms with Gasteiger partial charge in [-0.25, -0.2) is 0 Å². The van der Waals surface area contributed by atoms with E-state index in [-0.39, 0.29) is 5.35 Å². The number of nitrogens with zero attached hydrogens (tertiary/aromatic N) is 2. The van der Waals surface area contributed by atoms with Crippen molar-refractivity contribution >= 4 is 11.6 Å². The lowest BCUT2D eigenvalue weighted by atomic mass is 9.98. The molecule has 0 unspecified atom stereocenters. The van der Waals surface area contributed by atoms with E-state index in [9.17, 15) is 0 Å². The molecule has 1 aromatic rings. The molecule has 0 aliphatic rings. The zero-order chi connectivity index (χ0) is 9.68. The maximum absolute atomic E-state index is 5.56. The van der Waals surface area contributed by atoms with Gasteiger partial charge < -0.3 is 4.42 Å². The maximum Gasteiger partial charge on any atom is 0.312 e. The smallest absolute Gasteiger partial charge is 0.312 e. The Balaban J connectivity index is 2.63. The monoisotopic (exact) mass is 202 g/mol. The molecule has 0 aliphatic carbocycles. The Bertz CT molecular complexity index is 244. The first-order valence-electron chi connectivity index (χ1n) is 4.76. The van der Waals surface area contributed by atoms with Gasteiger partial charge in [0.2, 0.25) is 5.89 Å². The summed E-state index contributed by atoms with van der Waals surface area (Å²) in [7, 11) is 0. The van der Waals surface area contributed by atoms with E-state index in [1.54, 1.807) is 0 Å². The first kappa shape index (κ1) is 10.5. The van der Waals surface area contributed by atoms with Crippen molar-refractivity contribution in [3.8, 4) is 0 Å². The van der Waals surface area contributed by atoms with Crippen molar-refractivity contribution in [1.82, 2.24) is 10.2 Å². The molecule has 0 amide bonds. The van der Waals surface area contributed by atoms with Crippen molar-refractivity contribution in [2.24, 2.45) is 0 Å². The Hall–Kier alpha value is -0.570. The third-order valence-electron chi connectivity index (χ3n) is 2.04. The number of aromatic nitrogens is 2. The minimum atomic E-state index is 0.146. The normalized spacial score (nSPS) is 11.1. The van der Waals surface area contributed by atoms with Crippen LogP contribution in [0.3, 0.4) is 0 Å². The van der Waals surface area contributed by atoms with Gasteiger partial charge in [-0.15, -0.1) is 5.10 Å². The molecule has 0 atom stereocenters. The van der Waals surface area contributed by atoms with Crippen LogP contribution in [0, 0.1) is 0 Å². The Kier molecular flexibility index (Phi) is 4.22. The molecule has 1 aromatic heterocycles. The molecular weight excluding hydrogens is 188 g/mol. The van der Waals surface area contributed by atoms with Gasteiger partial charge in [-0.2, -0.15) is 0 Å². The molecule has 3 nitrogen and oxygen atoms in total. The van der Waals surface area contributed by atoms with E-state index in [4.69, 9.17) is 16.0 Å². The van der Waals surface area contributed by atoms with E-state index >= 15 is 0 Å². The molecule has 0 saturated heterocycles. The zero-order valence-electron chi connectivity index (χ0n) is 8.09. The van der Waals surface area contributed by atoms with Crippen molar-refractivity contribution in [2.45, 2.75) is 45.4 Å². The van der Waals surface area contributed by atoms with Crippen LogP contribution in [0.2, 0.25) is 5.35 Å². The predicted octanol–water partition coefficient (Wildman–Crippen LogP) is 3.41. The molecule has 4 heteroatoms. The fourth-order valence-electron chi connectivity index (χ4n) is 1.47. The Morgan fingerprint density at radius 3 is 2.23 bits per heavy atom. The molecule has 0 aromatic carbocycles. The summed E-state index contributed by atoms with van der Waals surface area (Å²) in [4.78, 5) is 0. The van der Waals surface area contributed by atoms with Gasteiger partial charge in [0.15, 0.2) is 0 Å². The highest BCUT2D eigenvalue weighted by molar-refractivity contribution is 6.27. The van der Waals surface area contributed by atoms with E-state index in [0.717, 1.165) is 25.7 Å². The van der Waals surface area contributed by atoms with Crippen molar-refractivity contribution < 1.29 is 4.42 Å². The van der Waals surface area contributed by atoms with Crippen LogP contribution in [0.1, 0.15) is 51.3 Å². The molecule has 13 heavy (non-hydrogen) atoms. The standard InChI is InChI=1S/C9H15ClN2O/c1-3-5-7(6-4-2)8-11-12-9(10)13-8/h7H,3-6H2,1-2H3. The quantitative estimate of drug-likeness (QED) is 0.735. The van der Waals surface area contributed by atoms with E-state index in [2.05, 4.69) is 24.0 Å². The molecule has 0 saturated carbocycles. The van der Waals surface area contributed by atoms with Gasteiger partial charge in [0.1, 0.15) is 0 Å². The first-order chi connectivity index (χ1) is 6.27. The molecule has 1 rings (SSSR count). The van der Waals surface area contributed by atoms with Crippen molar-refractivity contribution in [2.75, 3.05) is 0 Å². The summed E-state index contributed by atoms with van der Waals surface area (Å²) in [5, 5.41) is 7.70. The van der Waals surface area contributed by atoms with Crippen LogP contribution < -0.4 is 0 Å². The number of hydrogen-bond acceptors (Lipinski definition) is 3. The summed E-state index contributed by atoms with van der Waals surface area (Å²) < 4.78 is 5.19. The molecule has 74 valence electrons.